The van der Waals surface area contributed by atoms with E-state index in [9.17, 15) is 4.39 Å². The minimum atomic E-state index is -0.429. The molecular formula is C14H10Cl2FNO. The molecule has 2 aromatic rings. The lowest BCUT2D eigenvalue weighted by Gasteiger charge is -2.27. The zero-order valence-electron chi connectivity index (χ0n) is 9.79. The Hall–Kier alpha value is -1.45. The summed E-state index contributed by atoms with van der Waals surface area (Å²) in [7, 11) is 0. The third-order valence-electron chi connectivity index (χ3n) is 3.00. The molecule has 2 aromatic carbocycles. The van der Waals surface area contributed by atoms with Gasteiger partial charge in [-0.3, -0.25) is 0 Å². The molecule has 1 atom stereocenters. The lowest BCUT2D eigenvalue weighted by Crippen LogP contribution is -2.23. The third-order valence-corrected chi connectivity index (χ3v) is 3.53. The second-order valence-electron chi connectivity index (χ2n) is 4.30. The molecule has 0 spiro atoms. The van der Waals surface area contributed by atoms with E-state index >= 15 is 0 Å². The van der Waals surface area contributed by atoms with Gasteiger partial charge in [0.05, 0.1) is 17.3 Å². The second-order valence-corrected chi connectivity index (χ2v) is 5.15. The zero-order chi connectivity index (χ0) is 13.4. The number of hydrogen-bond acceptors (Lipinski definition) is 2. The first-order chi connectivity index (χ1) is 9.13. The van der Waals surface area contributed by atoms with Crippen LogP contribution in [0.3, 0.4) is 0 Å². The standard InChI is InChI=1S/C14H10Cl2FNO/c15-9-2-4-13-12(6-9)18-7-14(19-13)8-1-3-11(17)10(16)5-8/h1-6,14,18H,7H2. The summed E-state index contributed by atoms with van der Waals surface area (Å²) in [6, 6.07) is 9.99. The number of benzene rings is 2. The number of halogens is 3. The van der Waals surface area contributed by atoms with Gasteiger partial charge in [-0.2, -0.15) is 0 Å². The minimum Gasteiger partial charge on any atom is -0.482 e. The number of anilines is 1. The fraction of sp³-hybridized carbons (Fsp3) is 0.143. The molecule has 3 rings (SSSR count). The van der Waals surface area contributed by atoms with Crippen molar-refractivity contribution in [3.8, 4) is 5.75 Å². The van der Waals surface area contributed by atoms with E-state index < -0.39 is 5.82 Å². The Balaban J connectivity index is 1.89. The maximum Gasteiger partial charge on any atom is 0.143 e. The van der Waals surface area contributed by atoms with Crippen LogP contribution in [0.2, 0.25) is 10.0 Å². The minimum absolute atomic E-state index is 0.100. The van der Waals surface area contributed by atoms with Crippen LogP contribution in [-0.2, 0) is 0 Å². The van der Waals surface area contributed by atoms with Crippen molar-refractivity contribution in [2.45, 2.75) is 6.10 Å². The summed E-state index contributed by atoms with van der Waals surface area (Å²) in [6.07, 6.45) is -0.202. The highest BCUT2D eigenvalue weighted by Gasteiger charge is 2.21. The Morgan fingerprint density at radius 1 is 1.16 bits per heavy atom. The van der Waals surface area contributed by atoms with Gasteiger partial charge in [-0.25, -0.2) is 4.39 Å². The fourth-order valence-corrected chi connectivity index (χ4v) is 2.40. The number of rotatable bonds is 1. The van der Waals surface area contributed by atoms with Crippen LogP contribution in [0, 0.1) is 5.82 Å². The van der Waals surface area contributed by atoms with E-state index in [2.05, 4.69) is 5.32 Å². The summed E-state index contributed by atoms with van der Waals surface area (Å²) in [5, 5.41) is 3.99. The van der Waals surface area contributed by atoms with E-state index in [1.54, 1.807) is 18.2 Å². The van der Waals surface area contributed by atoms with Crippen LogP contribution in [0.15, 0.2) is 36.4 Å². The molecule has 0 saturated carbocycles. The average Bonchev–Trinajstić information content (AvgIpc) is 2.41. The van der Waals surface area contributed by atoms with Crippen LogP contribution in [-0.4, -0.2) is 6.54 Å². The first kappa shape index (κ1) is 12.6. The molecule has 0 saturated heterocycles. The molecular weight excluding hydrogens is 288 g/mol. The average molecular weight is 298 g/mol. The number of nitrogens with one attached hydrogen (secondary N) is 1. The molecule has 1 aliphatic heterocycles. The van der Waals surface area contributed by atoms with Crippen LogP contribution in [0.5, 0.6) is 5.75 Å². The van der Waals surface area contributed by atoms with Crippen LogP contribution < -0.4 is 10.1 Å². The second kappa shape index (κ2) is 4.91. The Kier molecular flexibility index (Phi) is 3.25. The summed E-state index contributed by atoms with van der Waals surface area (Å²) in [5.41, 5.74) is 1.69. The molecule has 19 heavy (non-hydrogen) atoms. The Morgan fingerprint density at radius 3 is 2.79 bits per heavy atom. The molecule has 0 aromatic heterocycles. The van der Waals surface area contributed by atoms with Gasteiger partial charge in [0.1, 0.15) is 17.7 Å². The lowest BCUT2D eigenvalue weighted by atomic mass is 10.1. The molecule has 0 fully saturated rings. The van der Waals surface area contributed by atoms with E-state index in [1.165, 1.54) is 6.07 Å². The van der Waals surface area contributed by atoms with Crippen molar-refractivity contribution in [1.82, 2.24) is 0 Å². The molecule has 1 unspecified atom stereocenters. The highest BCUT2D eigenvalue weighted by Crippen LogP contribution is 2.36. The van der Waals surface area contributed by atoms with E-state index in [1.807, 2.05) is 12.1 Å². The number of fused-ring (bicyclic) bond motifs is 1. The van der Waals surface area contributed by atoms with Crippen molar-refractivity contribution in [2.75, 3.05) is 11.9 Å². The third kappa shape index (κ3) is 2.48. The molecule has 1 heterocycles. The SMILES string of the molecule is Fc1ccc(C2CNc3cc(Cl)ccc3O2)cc1Cl. The van der Waals surface area contributed by atoms with Crippen molar-refractivity contribution in [3.63, 3.8) is 0 Å². The van der Waals surface area contributed by atoms with Crippen molar-refractivity contribution in [2.24, 2.45) is 0 Å². The van der Waals surface area contributed by atoms with E-state index in [-0.39, 0.29) is 11.1 Å². The van der Waals surface area contributed by atoms with Gasteiger partial charge >= 0.3 is 0 Å². The maximum atomic E-state index is 13.1. The molecule has 0 amide bonds. The van der Waals surface area contributed by atoms with Gasteiger partial charge in [-0.1, -0.05) is 29.3 Å². The number of hydrogen-bond donors (Lipinski definition) is 1. The van der Waals surface area contributed by atoms with Crippen LogP contribution in [0.25, 0.3) is 0 Å². The van der Waals surface area contributed by atoms with Gasteiger partial charge in [0.25, 0.3) is 0 Å². The van der Waals surface area contributed by atoms with Crippen molar-refractivity contribution in [3.05, 3.63) is 57.8 Å². The maximum absolute atomic E-state index is 13.1. The Labute approximate surface area is 120 Å². The Morgan fingerprint density at radius 2 is 2.00 bits per heavy atom. The van der Waals surface area contributed by atoms with E-state index in [0.29, 0.717) is 11.6 Å². The zero-order valence-corrected chi connectivity index (χ0v) is 11.3. The molecule has 1 aliphatic rings. The van der Waals surface area contributed by atoms with Gasteiger partial charge in [-0.05, 0) is 35.9 Å². The Bertz CT molecular complexity index is 633. The van der Waals surface area contributed by atoms with Crippen molar-refractivity contribution < 1.29 is 9.13 Å². The summed E-state index contributed by atoms with van der Waals surface area (Å²) < 4.78 is 19.0. The highest BCUT2D eigenvalue weighted by atomic mass is 35.5. The summed E-state index contributed by atoms with van der Waals surface area (Å²) in [6.45, 7) is 0.579. The number of ether oxygens (including phenoxy) is 1. The summed E-state index contributed by atoms with van der Waals surface area (Å²) >= 11 is 11.7. The molecule has 0 radical (unpaired) electrons. The fourth-order valence-electron chi connectivity index (χ4n) is 2.04. The predicted octanol–water partition coefficient (Wildman–Crippen LogP) is 4.68. The first-order valence-corrected chi connectivity index (χ1v) is 6.54. The molecule has 0 bridgehead atoms. The van der Waals surface area contributed by atoms with Gasteiger partial charge in [0, 0.05) is 5.02 Å². The molecule has 0 aliphatic carbocycles. The van der Waals surface area contributed by atoms with E-state index in [0.717, 1.165) is 17.0 Å². The van der Waals surface area contributed by atoms with E-state index in [4.69, 9.17) is 27.9 Å². The lowest BCUT2D eigenvalue weighted by molar-refractivity contribution is 0.210. The smallest absolute Gasteiger partial charge is 0.143 e. The summed E-state index contributed by atoms with van der Waals surface area (Å²) in [4.78, 5) is 0. The van der Waals surface area contributed by atoms with Crippen molar-refractivity contribution in [1.29, 1.82) is 0 Å². The highest BCUT2D eigenvalue weighted by molar-refractivity contribution is 6.31. The van der Waals surface area contributed by atoms with Gasteiger partial charge in [0.15, 0.2) is 0 Å². The molecule has 2 nitrogen and oxygen atoms in total. The van der Waals surface area contributed by atoms with Gasteiger partial charge < -0.3 is 10.1 Å². The largest absolute Gasteiger partial charge is 0.482 e. The normalized spacial score (nSPS) is 17.3. The topological polar surface area (TPSA) is 21.3 Å². The quantitative estimate of drug-likeness (QED) is 0.825. The van der Waals surface area contributed by atoms with Crippen LogP contribution in [0.4, 0.5) is 10.1 Å². The predicted molar refractivity (Wildman–Crippen MR) is 74.7 cm³/mol. The molecule has 5 heteroatoms. The first-order valence-electron chi connectivity index (χ1n) is 5.78. The van der Waals surface area contributed by atoms with Crippen molar-refractivity contribution >= 4 is 28.9 Å². The molecule has 98 valence electrons. The summed E-state index contributed by atoms with van der Waals surface area (Å²) in [5.74, 6) is 0.294. The van der Waals surface area contributed by atoms with Crippen LogP contribution in [0.1, 0.15) is 11.7 Å². The molecule has 1 N–H and O–H groups in total. The van der Waals surface area contributed by atoms with Crippen LogP contribution >= 0.6 is 23.2 Å². The van der Waals surface area contributed by atoms with Gasteiger partial charge in [0.2, 0.25) is 0 Å². The monoisotopic (exact) mass is 297 g/mol. The van der Waals surface area contributed by atoms with Gasteiger partial charge in [-0.15, -0.1) is 0 Å².